The first-order chi connectivity index (χ1) is 48.0. The molecule has 3 aliphatic rings. The van der Waals surface area contributed by atoms with E-state index in [1.165, 1.54) is 4.68 Å². The zero-order valence-corrected chi connectivity index (χ0v) is 55.4. The van der Waals surface area contributed by atoms with Crippen LogP contribution in [-0.2, 0) is 99.1 Å². The topological polar surface area (TPSA) is 204 Å². The van der Waals surface area contributed by atoms with Gasteiger partial charge in [0.1, 0.15) is 73.5 Å². The summed E-state index contributed by atoms with van der Waals surface area (Å²) >= 11 is 0. The van der Waals surface area contributed by atoms with E-state index >= 15 is 4.79 Å². The van der Waals surface area contributed by atoms with Gasteiger partial charge in [-0.1, -0.05) is 187 Å². The molecule has 0 radical (unpaired) electrons. The fourth-order valence-electron chi connectivity index (χ4n) is 12.9. The predicted octanol–water partition coefficient (Wildman–Crippen LogP) is 12.1. The first-order valence-electron chi connectivity index (χ1n) is 33.4. The zero-order chi connectivity index (χ0) is 67.8. The van der Waals surface area contributed by atoms with Crippen LogP contribution in [-0.4, -0.2) is 120 Å². The van der Waals surface area contributed by atoms with Crippen LogP contribution in [0.4, 0.5) is 16.2 Å². The third-order valence-corrected chi connectivity index (χ3v) is 17.9. The SMILES string of the molecule is CCN(CC)c1ccc2c(c1)Oc1cc(N(CC)CC)ccc1C21c2ccccc2C(=O)N1Cc1cn(CC(=O)OC[C@H]2OC(OC[C@H](NC(=O)OCc3ccccc3)C(=O)OCc3ccccc3)[C@H](OCc3ccccc3)[C@@H](OCc3ccccc3)[C@@H]2OCc2ccccc2)nn1. The number of aromatic nitrogens is 3. The van der Waals surface area contributed by atoms with Crippen molar-refractivity contribution < 1.29 is 61.8 Å². The minimum Gasteiger partial charge on any atom is -0.461 e. The van der Waals surface area contributed by atoms with Gasteiger partial charge < -0.3 is 62.6 Å². The molecule has 3 aliphatic heterocycles. The van der Waals surface area contributed by atoms with Crippen molar-refractivity contribution in [3.05, 3.63) is 274 Å². The number of ether oxygens (including phenoxy) is 9. The number of carbonyl (C=O) groups is 4. The van der Waals surface area contributed by atoms with Crippen LogP contribution in [0.25, 0.3) is 0 Å². The second-order valence-corrected chi connectivity index (χ2v) is 24.1. The standard InChI is InChI=1S/C78H81N7O13/c1-5-82(6-2)60-38-40-64-67(42-60)97-68-43-61(83(7-3)8-4)39-41-65(68)78(64)63-37-25-24-36-62(63)74(87)85(78)45-59-44-84(81-80-59)46-70(86)90-53-69-71(91-47-54-26-14-9-15-27-54)72(92-48-55-28-16-10-17-29-55)73(93-49-56-30-18-11-19-31-56)76(98-69)95-52-66(75(88)94-50-57-32-20-12-21-33-57)79-77(89)96-51-58-34-22-13-23-35-58/h9-44,66,69,71-73,76H,5-8,45-53H2,1-4H3,(H,79,89)/t66-,69+,71+,72-,73+,76?/m0/s1. The van der Waals surface area contributed by atoms with Crippen LogP contribution >= 0.6 is 0 Å². The third-order valence-electron chi connectivity index (χ3n) is 17.9. The van der Waals surface area contributed by atoms with Crippen LogP contribution in [0.5, 0.6) is 11.5 Å². The maximum atomic E-state index is 15.2. The lowest BCUT2D eigenvalue weighted by Gasteiger charge is -2.45. The van der Waals surface area contributed by atoms with E-state index in [4.69, 9.17) is 42.6 Å². The van der Waals surface area contributed by atoms with E-state index in [1.54, 1.807) is 6.20 Å². The third kappa shape index (κ3) is 15.6. The Morgan fingerprint density at radius 2 is 1.02 bits per heavy atom. The molecule has 1 spiro atoms. The Morgan fingerprint density at radius 3 is 1.55 bits per heavy atom. The van der Waals surface area contributed by atoms with Crippen molar-refractivity contribution in [3.63, 3.8) is 0 Å². The van der Waals surface area contributed by atoms with Crippen molar-refractivity contribution in [2.75, 3.05) is 49.2 Å². The number of anilines is 2. The molecule has 0 aliphatic carbocycles. The van der Waals surface area contributed by atoms with Crippen LogP contribution in [0.3, 0.4) is 0 Å². The highest BCUT2D eigenvalue weighted by Gasteiger charge is 2.57. The van der Waals surface area contributed by atoms with E-state index < -0.39 is 73.5 Å². The fraction of sp³-hybridized carbons (Fsp3) is 0.308. The van der Waals surface area contributed by atoms with Crippen LogP contribution < -0.4 is 19.9 Å². The minimum atomic E-state index is -1.43. The number of nitrogens with one attached hydrogen (secondary N) is 1. The normalized spacial score (nSPS) is 17.6. The van der Waals surface area contributed by atoms with E-state index in [0.717, 1.165) is 82.1 Å². The predicted molar refractivity (Wildman–Crippen MR) is 367 cm³/mol. The summed E-state index contributed by atoms with van der Waals surface area (Å²) in [7, 11) is 0. The molecule has 0 saturated carbocycles. The van der Waals surface area contributed by atoms with Crippen molar-refractivity contribution in [2.45, 2.75) is 116 Å². The molecule has 98 heavy (non-hydrogen) atoms. The maximum Gasteiger partial charge on any atom is 0.408 e. The fourth-order valence-corrected chi connectivity index (χ4v) is 12.9. The number of alkyl carbamates (subject to hydrolysis) is 1. The summed E-state index contributed by atoms with van der Waals surface area (Å²) < 4.78 is 60.1. The Hall–Kier alpha value is -10.2. The van der Waals surface area contributed by atoms with Gasteiger partial charge in [0, 0.05) is 66.4 Å². The number of hydrogen-bond acceptors (Lipinski definition) is 17. The molecule has 506 valence electrons. The quantitative estimate of drug-likeness (QED) is 0.0328. The lowest BCUT2D eigenvalue weighted by Crippen LogP contribution is -2.62. The van der Waals surface area contributed by atoms with Gasteiger partial charge in [0.05, 0.1) is 39.2 Å². The summed E-state index contributed by atoms with van der Waals surface area (Å²) in [5, 5.41) is 11.7. The van der Waals surface area contributed by atoms with Crippen LogP contribution in [0.15, 0.2) is 219 Å². The van der Waals surface area contributed by atoms with Gasteiger partial charge in [0.2, 0.25) is 0 Å². The van der Waals surface area contributed by atoms with Gasteiger partial charge in [-0.2, -0.15) is 0 Å². The summed E-state index contributed by atoms with van der Waals surface area (Å²) in [5.41, 5.74) is 8.18. The van der Waals surface area contributed by atoms with Crippen LogP contribution in [0.1, 0.15) is 88.3 Å². The smallest absolute Gasteiger partial charge is 0.408 e. The molecule has 1 aromatic heterocycles. The van der Waals surface area contributed by atoms with E-state index in [9.17, 15) is 14.4 Å². The Morgan fingerprint density at radius 1 is 0.541 bits per heavy atom. The molecule has 1 unspecified atom stereocenters. The Bertz CT molecular complexity index is 4040. The molecule has 8 aromatic carbocycles. The van der Waals surface area contributed by atoms with Crippen molar-refractivity contribution in [2.24, 2.45) is 0 Å². The number of amides is 2. The molecule has 1 saturated heterocycles. The molecule has 2 amide bonds. The number of rotatable bonds is 30. The highest BCUT2D eigenvalue weighted by atomic mass is 16.7. The maximum absolute atomic E-state index is 15.2. The molecule has 1 fully saturated rings. The molecule has 0 bridgehead atoms. The molecule has 6 atom stereocenters. The molecule has 20 nitrogen and oxygen atoms in total. The number of carbonyl (C=O) groups excluding carboxylic acids is 4. The van der Waals surface area contributed by atoms with E-state index in [0.29, 0.717) is 22.8 Å². The number of benzene rings is 8. The summed E-state index contributed by atoms with van der Waals surface area (Å²) in [4.78, 5) is 63.9. The molecule has 12 rings (SSSR count). The van der Waals surface area contributed by atoms with Gasteiger partial charge in [0.25, 0.3) is 5.91 Å². The molecule has 20 heteroatoms. The number of fused-ring (bicyclic) bond motifs is 6. The van der Waals surface area contributed by atoms with E-state index in [-0.39, 0.29) is 52.0 Å². The van der Waals surface area contributed by atoms with E-state index in [2.05, 4.69) is 89.5 Å². The van der Waals surface area contributed by atoms with Gasteiger partial charge >= 0.3 is 18.0 Å². The first kappa shape index (κ1) is 67.7. The van der Waals surface area contributed by atoms with Crippen molar-refractivity contribution >= 4 is 35.3 Å². The van der Waals surface area contributed by atoms with Crippen LogP contribution in [0, 0.1) is 0 Å². The van der Waals surface area contributed by atoms with Gasteiger partial charge in [0.15, 0.2) is 12.3 Å². The lowest BCUT2D eigenvalue weighted by molar-refractivity contribution is -0.327. The van der Waals surface area contributed by atoms with Crippen molar-refractivity contribution in [1.82, 2.24) is 25.2 Å². The summed E-state index contributed by atoms with van der Waals surface area (Å²) in [6.07, 6.45) is -4.81. The second-order valence-electron chi connectivity index (χ2n) is 24.1. The Kier molecular flexibility index (Phi) is 22.3. The van der Waals surface area contributed by atoms with E-state index in [1.807, 2.05) is 181 Å². The van der Waals surface area contributed by atoms with Crippen molar-refractivity contribution in [3.8, 4) is 11.5 Å². The van der Waals surface area contributed by atoms with Gasteiger partial charge in [-0.05, 0) is 79.3 Å². The van der Waals surface area contributed by atoms with Gasteiger partial charge in [-0.3, -0.25) is 9.59 Å². The number of hydrogen-bond donors (Lipinski definition) is 1. The van der Waals surface area contributed by atoms with Crippen LogP contribution in [0.2, 0.25) is 0 Å². The minimum absolute atomic E-state index is 0.00263. The largest absolute Gasteiger partial charge is 0.461 e. The highest BCUT2D eigenvalue weighted by molar-refractivity contribution is 6.02. The molecule has 1 N–H and O–H groups in total. The Labute approximate surface area is 570 Å². The lowest BCUT2D eigenvalue weighted by atomic mass is 9.74. The highest BCUT2D eigenvalue weighted by Crippen LogP contribution is 2.59. The molecular weight excluding hydrogens is 1240 g/mol. The Balaban J connectivity index is 0.835. The molecular formula is C78H81N7O13. The average Bonchev–Trinajstić information content (AvgIpc) is 1.46. The van der Waals surface area contributed by atoms with Gasteiger partial charge in [-0.15, -0.1) is 5.10 Å². The number of esters is 2. The van der Waals surface area contributed by atoms with Crippen molar-refractivity contribution in [1.29, 1.82) is 0 Å². The monoisotopic (exact) mass is 1320 g/mol. The molecule has 4 heterocycles. The average molecular weight is 1320 g/mol. The van der Waals surface area contributed by atoms with Gasteiger partial charge in [-0.25, -0.2) is 14.3 Å². The summed E-state index contributed by atoms with van der Waals surface area (Å²) in [5.74, 6) is -0.449. The number of nitrogens with zero attached hydrogens (tertiary/aromatic N) is 6. The first-order valence-corrected chi connectivity index (χ1v) is 33.4. The summed E-state index contributed by atoms with van der Waals surface area (Å²) in [6.45, 7) is 10.5. The second kappa shape index (κ2) is 32.2. The zero-order valence-electron chi connectivity index (χ0n) is 55.4. The summed E-state index contributed by atoms with van der Waals surface area (Å²) in [6, 6.07) is 65.7. The molecule has 9 aromatic rings.